The van der Waals surface area contributed by atoms with Gasteiger partial charge >= 0.3 is 0 Å². The maximum Gasteiger partial charge on any atom is 0.261 e. The molecule has 0 bridgehead atoms. The number of carbonyl (C=O) groups excluding carboxylic acids is 1. The van der Waals surface area contributed by atoms with Crippen molar-refractivity contribution < 1.29 is 4.79 Å². The second kappa shape index (κ2) is 4.90. The maximum atomic E-state index is 12.4. The zero-order valence-corrected chi connectivity index (χ0v) is 11.8. The molecule has 3 aromatic rings. The number of hydrogen-bond acceptors (Lipinski definition) is 4. The Morgan fingerprint density at radius 1 is 1.24 bits per heavy atom. The van der Waals surface area contributed by atoms with Gasteiger partial charge in [0.15, 0.2) is 5.65 Å². The van der Waals surface area contributed by atoms with Gasteiger partial charge in [0, 0.05) is 22.8 Å². The van der Waals surface area contributed by atoms with Crippen molar-refractivity contribution in [1.29, 1.82) is 0 Å². The van der Waals surface area contributed by atoms with Crippen LogP contribution in [0.2, 0.25) is 0 Å². The fourth-order valence-electron chi connectivity index (χ4n) is 2.20. The lowest BCUT2D eigenvalue weighted by molar-refractivity contribution is 0.102. The van der Waals surface area contributed by atoms with Crippen LogP contribution in [-0.2, 0) is 0 Å². The number of amides is 1. The van der Waals surface area contributed by atoms with Gasteiger partial charge in [-0.15, -0.1) is 0 Å². The molecule has 0 radical (unpaired) electrons. The first-order chi connectivity index (χ1) is 10.0. The van der Waals surface area contributed by atoms with Gasteiger partial charge in [-0.2, -0.15) is 5.10 Å². The molecule has 0 spiro atoms. The highest BCUT2D eigenvalue weighted by Gasteiger charge is 2.15. The van der Waals surface area contributed by atoms with Crippen molar-refractivity contribution in [2.24, 2.45) is 0 Å². The largest absolute Gasteiger partial charge is 0.399 e. The lowest BCUT2D eigenvalue weighted by atomic mass is 10.2. The summed E-state index contributed by atoms with van der Waals surface area (Å²) in [5, 5.41) is 7.02. The summed E-state index contributed by atoms with van der Waals surface area (Å²) in [6, 6.07) is 8.89. The topological polar surface area (TPSA) is 85.3 Å². The number of nitrogens with zero attached hydrogens (tertiary/aromatic N) is 3. The van der Waals surface area contributed by atoms with Crippen LogP contribution in [-0.4, -0.2) is 20.5 Å². The molecule has 2 heterocycles. The first kappa shape index (κ1) is 13.1. The molecule has 6 nitrogen and oxygen atoms in total. The minimum absolute atomic E-state index is 0.243. The normalized spacial score (nSPS) is 10.8. The summed E-state index contributed by atoms with van der Waals surface area (Å²) in [6.45, 7) is 3.82. The minimum Gasteiger partial charge on any atom is -0.399 e. The molecular weight excluding hydrogens is 266 g/mol. The van der Waals surface area contributed by atoms with E-state index in [9.17, 15) is 4.79 Å². The Balaban J connectivity index is 1.96. The standard InChI is InChI=1S/C15H15N5O/c1-9-7-10(2)20-14(18-9)13(8-17-20)15(21)19-12-5-3-11(16)4-6-12/h3-8H,16H2,1-2H3,(H,19,21). The van der Waals surface area contributed by atoms with Gasteiger partial charge in [-0.1, -0.05) is 0 Å². The summed E-state index contributed by atoms with van der Waals surface area (Å²) >= 11 is 0. The molecule has 6 heteroatoms. The summed E-state index contributed by atoms with van der Waals surface area (Å²) in [4.78, 5) is 16.8. The highest BCUT2D eigenvalue weighted by Crippen LogP contribution is 2.15. The van der Waals surface area contributed by atoms with Crippen molar-refractivity contribution in [2.75, 3.05) is 11.1 Å². The minimum atomic E-state index is -0.243. The van der Waals surface area contributed by atoms with Crippen molar-refractivity contribution in [1.82, 2.24) is 14.6 Å². The molecule has 0 atom stereocenters. The molecule has 0 aliphatic carbocycles. The number of anilines is 2. The quantitative estimate of drug-likeness (QED) is 0.705. The van der Waals surface area contributed by atoms with Crippen LogP contribution in [0.15, 0.2) is 36.5 Å². The maximum absolute atomic E-state index is 12.4. The third kappa shape index (κ3) is 2.43. The number of hydrogen-bond donors (Lipinski definition) is 2. The van der Waals surface area contributed by atoms with E-state index in [4.69, 9.17) is 5.73 Å². The van der Waals surface area contributed by atoms with Crippen LogP contribution < -0.4 is 11.1 Å². The van der Waals surface area contributed by atoms with E-state index >= 15 is 0 Å². The van der Waals surface area contributed by atoms with Gasteiger partial charge < -0.3 is 11.1 Å². The second-order valence-electron chi connectivity index (χ2n) is 4.91. The van der Waals surface area contributed by atoms with Crippen LogP contribution in [0.25, 0.3) is 5.65 Å². The lowest BCUT2D eigenvalue weighted by Crippen LogP contribution is -2.12. The Kier molecular flexibility index (Phi) is 3.06. The molecule has 0 aliphatic heterocycles. The Hall–Kier alpha value is -2.89. The van der Waals surface area contributed by atoms with Gasteiger partial charge in [-0.05, 0) is 44.2 Å². The molecule has 3 N–H and O–H groups in total. The number of carbonyl (C=O) groups is 1. The summed E-state index contributed by atoms with van der Waals surface area (Å²) < 4.78 is 1.66. The molecule has 1 amide bonds. The highest BCUT2D eigenvalue weighted by molar-refractivity contribution is 6.08. The zero-order chi connectivity index (χ0) is 15.0. The number of rotatable bonds is 2. The van der Waals surface area contributed by atoms with E-state index in [1.165, 1.54) is 6.20 Å². The second-order valence-corrected chi connectivity index (χ2v) is 4.91. The van der Waals surface area contributed by atoms with Crippen LogP contribution in [0.1, 0.15) is 21.7 Å². The average Bonchev–Trinajstić information content (AvgIpc) is 2.85. The number of nitrogens with two attached hydrogens (primary N) is 1. The van der Waals surface area contributed by atoms with Gasteiger partial charge in [-0.3, -0.25) is 4.79 Å². The van der Waals surface area contributed by atoms with Gasteiger partial charge in [-0.25, -0.2) is 9.50 Å². The third-order valence-electron chi connectivity index (χ3n) is 3.19. The van der Waals surface area contributed by atoms with Crippen LogP contribution in [0.4, 0.5) is 11.4 Å². The summed E-state index contributed by atoms with van der Waals surface area (Å²) in [5.74, 6) is -0.243. The molecule has 3 rings (SSSR count). The van der Waals surface area contributed by atoms with Gasteiger partial charge in [0.2, 0.25) is 0 Å². The van der Waals surface area contributed by atoms with E-state index in [1.807, 2.05) is 19.9 Å². The smallest absolute Gasteiger partial charge is 0.261 e. The van der Waals surface area contributed by atoms with Gasteiger partial charge in [0.05, 0.1) is 6.20 Å². The van der Waals surface area contributed by atoms with E-state index in [2.05, 4.69) is 15.4 Å². The van der Waals surface area contributed by atoms with Crippen molar-refractivity contribution in [3.05, 3.63) is 53.5 Å². The summed E-state index contributed by atoms with van der Waals surface area (Å²) in [5.41, 5.74) is 9.73. The molecule has 106 valence electrons. The SMILES string of the molecule is Cc1cc(C)n2ncc(C(=O)Nc3ccc(N)cc3)c2n1. The Morgan fingerprint density at radius 3 is 2.67 bits per heavy atom. The third-order valence-corrected chi connectivity index (χ3v) is 3.19. The van der Waals surface area contributed by atoms with Crippen molar-refractivity contribution in [3.63, 3.8) is 0 Å². The predicted molar refractivity (Wildman–Crippen MR) is 81.3 cm³/mol. The lowest BCUT2D eigenvalue weighted by Gasteiger charge is -2.05. The van der Waals surface area contributed by atoms with Gasteiger partial charge in [0.1, 0.15) is 5.56 Å². The van der Waals surface area contributed by atoms with Crippen LogP contribution in [0, 0.1) is 13.8 Å². The number of nitrogens with one attached hydrogen (secondary N) is 1. The average molecular weight is 281 g/mol. The van der Waals surface area contributed by atoms with E-state index in [0.717, 1.165) is 11.4 Å². The van der Waals surface area contributed by atoms with Crippen molar-refractivity contribution >= 4 is 22.9 Å². The first-order valence-electron chi connectivity index (χ1n) is 6.53. The monoisotopic (exact) mass is 281 g/mol. The number of fused-ring (bicyclic) bond motifs is 1. The first-order valence-corrected chi connectivity index (χ1v) is 6.53. The Labute approximate surface area is 121 Å². The number of aromatic nitrogens is 3. The molecule has 0 fully saturated rings. The van der Waals surface area contributed by atoms with E-state index in [0.29, 0.717) is 22.6 Å². The Morgan fingerprint density at radius 2 is 1.95 bits per heavy atom. The number of nitrogen functional groups attached to an aromatic ring is 1. The van der Waals surface area contributed by atoms with Crippen LogP contribution in [0.3, 0.4) is 0 Å². The van der Waals surface area contributed by atoms with Gasteiger partial charge in [0.25, 0.3) is 5.91 Å². The summed E-state index contributed by atoms with van der Waals surface area (Å²) in [7, 11) is 0. The molecule has 0 unspecified atom stereocenters. The van der Waals surface area contributed by atoms with Crippen molar-refractivity contribution in [3.8, 4) is 0 Å². The summed E-state index contributed by atoms with van der Waals surface area (Å²) in [6.07, 6.45) is 1.53. The van der Waals surface area contributed by atoms with E-state index in [1.54, 1.807) is 28.8 Å². The number of aryl methyl sites for hydroxylation is 2. The molecule has 0 saturated carbocycles. The van der Waals surface area contributed by atoms with Crippen LogP contribution >= 0.6 is 0 Å². The van der Waals surface area contributed by atoms with E-state index in [-0.39, 0.29) is 5.91 Å². The molecule has 21 heavy (non-hydrogen) atoms. The molecule has 0 saturated heterocycles. The van der Waals surface area contributed by atoms with Crippen LogP contribution in [0.5, 0.6) is 0 Å². The molecule has 2 aromatic heterocycles. The molecule has 0 aliphatic rings. The van der Waals surface area contributed by atoms with Crippen molar-refractivity contribution in [2.45, 2.75) is 13.8 Å². The fourth-order valence-corrected chi connectivity index (χ4v) is 2.20. The molecular formula is C15H15N5O. The predicted octanol–water partition coefficient (Wildman–Crippen LogP) is 2.18. The highest BCUT2D eigenvalue weighted by atomic mass is 16.1. The zero-order valence-electron chi connectivity index (χ0n) is 11.8. The van der Waals surface area contributed by atoms with E-state index < -0.39 is 0 Å². The Bertz CT molecular complexity index is 820. The molecule has 1 aromatic carbocycles. The number of benzene rings is 1. The fraction of sp³-hybridized carbons (Fsp3) is 0.133.